The highest BCUT2D eigenvalue weighted by Gasteiger charge is 2.10. The van der Waals surface area contributed by atoms with E-state index in [1.54, 1.807) is 0 Å². The van der Waals surface area contributed by atoms with Crippen LogP contribution in [0.2, 0.25) is 0 Å². The van der Waals surface area contributed by atoms with Crippen LogP contribution in [0.3, 0.4) is 0 Å². The van der Waals surface area contributed by atoms with Crippen LogP contribution in [0, 0.1) is 0 Å². The fourth-order valence-electron chi connectivity index (χ4n) is 1.60. The first-order valence-corrected chi connectivity index (χ1v) is 4.70. The molecule has 0 bridgehead atoms. The van der Waals surface area contributed by atoms with Crippen molar-refractivity contribution in [1.82, 2.24) is 4.98 Å². The van der Waals surface area contributed by atoms with Crippen molar-refractivity contribution in [3.8, 4) is 5.88 Å². The van der Waals surface area contributed by atoms with Crippen LogP contribution in [-0.4, -0.2) is 16.7 Å². The minimum Gasteiger partial charge on any atom is -0.479 e. The maximum absolute atomic E-state index is 9.23. The van der Waals surface area contributed by atoms with Crippen LogP contribution in [0.5, 0.6) is 5.88 Å². The van der Waals surface area contributed by atoms with Crippen molar-refractivity contribution in [3.05, 3.63) is 29.8 Å². The highest BCUT2D eigenvalue weighted by atomic mass is 16.5. The first kappa shape index (κ1) is 9.09. The number of para-hydroxylation sites is 1. The zero-order valence-corrected chi connectivity index (χ0v) is 8.08. The topological polar surface area (TPSA) is 45.2 Å². The summed E-state index contributed by atoms with van der Waals surface area (Å²) in [5.74, 6) is 0.677. The second-order valence-corrected chi connectivity index (χ2v) is 3.07. The van der Waals surface area contributed by atoms with Gasteiger partial charge in [0.05, 0.1) is 13.2 Å². The fourth-order valence-corrected chi connectivity index (χ4v) is 1.60. The summed E-state index contributed by atoms with van der Waals surface area (Å²) in [6.45, 7) is 2.52. The third-order valence-electron chi connectivity index (χ3n) is 2.22. The average Bonchev–Trinajstić information content (AvgIpc) is 2.55. The number of aliphatic hydroxyl groups excluding tert-OH is 1. The minimum absolute atomic E-state index is 0.000648. The third kappa shape index (κ3) is 1.36. The summed E-state index contributed by atoms with van der Waals surface area (Å²) in [5.41, 5.74) is 1.84. The molecule has 0 radical (unpaired) electrons. The van der Waals surface area contributed by atoms with Crippen LogP contribution in [0.15, 0.2) is 24.3 Å². The zero-order chi connectivity index (χ0) is 9.97. The summed E-state index contributed by atoms with van der Waals surface area (Å²) in [6.07, 6.45) is 0. The molecule has 0 amide bonds. The van der Waals surface area contributed by atoms with Gasteiger partial charge in [0, 0.05) is 16.5 Å². The molecule has 3 nitrogen and oxygen atoms in total. The molecule has 0 unspecified atom stereocenters. The molecule has 1 aromatic heterocycles. The smallest absolute Gasteiger partial charge is 0.197 e. The van der Waals surface area contributed by atoms with Crippen LogP contribution >= 0.6 is 0 Å². The van der Waals surface area contributed by atoms with Crippen molar-refractivity contribution in [2.45, 2.75) is 13.5 Å². The Kier molecular flexibility index (Phi) is 2.41. The Balaban J connectivity index is 2.60. The number of benzene rings is 1. The van der Waals surface area contributed by atoms with Gasteiger partial charge in [-0.25, -0.2) is 0 Å². The Morgan fingerprint density at radius 2 is 2.14 bits per heavy atom. The normalized spacial score (nSPS) is 10.7. The van der Waals surface area contributed by atoms with E-state index in [2.05, 4.69) is 4.98 Å². The van der Waals surface area contributed by atoms with Gasteiger partial charge in [-0.15, -0.1) is 0 Å². The molecule has 74 valence electrons. The summed E-state index contributed by atoms with van der Waals surface area (Å²) < 4.78 is 5.40. The lowest BCUT2D eigenvalue weighted by atomic mass is 10.2. The van der Waals surface area contributed by atoms with Crippen molar-refractivity contribution in [2.75, 3.05) is 6.61 Å². The quantitative estimate of drug-likeness (QED) is 0.780. The van der Waals surface area contributed by atoms with Gasteiger partial charge in [0.2, 0.25) is 0 Å². The largest absolute Gasteiger partial charge is 0.479 e. The SMILES string of the molecule is CCOc1[nH]c2ccccc2c1CO. The number of rotatable bonds is 3. The number of hydrogen-bond donors (Lipinski definition) is 2. The van der Waals surface area contributed by atoms with Crippen molar-refractivity contribution < 1.29 is 9.84 Å². The molecule has 14 heavy (non-hydrogen) atoms. The van der Waals surface area contributed by atoms with Gasteiger partial charge in [-0.05, 0) is 13.0 Å². The molecule has 2 N–H and O–H groups in total. The van der Waals surface area contributed by atoms with E-state index < -0.39 is 0 Å². The molecule has 0 aliphatic carbocycles. The van der Waals surface area contributed by atoms with E-state index in [0.717, 1.165) is 16.5 Å². The number of aromatic nitrogens is 1. The van der Waals surface area contributed by atoms with Gasteiger partial charge in [0.15, 0.2) is 5.88 Å². The first-order chi connectivity index (χ1) is 6.86. The monoisotopic (exact) mass is 191 g/mol. The first-order valence-electron chi connectivity index (χ1n) is 4.70. The summed E-state index contributed by atoms with van der Waals surface area (Å²) in [4.78, 5) is 3.13. The molecule has 0 atom stereocenters. The molecule has 2 aromatic rings. The maximum atomic E-state index is 9.23. The third-order valence-corrected chi connectivity index (χ3v) is 2.22. The molecule has 1 aromatic carbocycles. The van der Waals surface area contributed by atoms with Gasteiger partial charge < -0.3 is 14.8 Å². The Hall–Kier alpha value is -1.48. The molecule has 0 saturated heterocycles. The lowest BCUT2D eigenvalue weighted by Gasteiger charge is -2.01. The van der Waals surface area contributed by atoms with E-state index in [1.165, 1.54) is 0 Å². The molecule has 2 rings (SSSR count). The molecule has 0 saturated carbocycles. The average molecular weight is 191 g/mol. The van der Waals surface area contributed by atoms with E-state index >= 15 is 0 Å². The number of nitrogens with one attached hydrogen (secondary N) is 1. The minimum atomic E-state index is -0.000648. The second-order valence-electron chi connectivity index (χ2n) is 3.07. The zero-order valence-electron chi connectivity index (χ0n) is 8.08. The van der Waals surface area contributed by atoms with Gasteiger partial charge in [0.25, 0.3) is 0 Å². The molecule has 0 fully saturated rings. The molecule has 3 heteroatoms. The van der Waals surface area contributed by atoms with Crippen molar-refractivity contribution in [2.24, 2.45) is 0 Å². The van der Waals surface area contributed by atoms with E-state index in [9.17, 15) is 5.11 Å². The summed E-state index contributed by atoms with van der Waals surface area (Å²) in [5, 5.41) is 10.3. The standard InChI is InChI=1S/C11H13NO2/c1-2-14-11-9(7-13)8-5-3-4-6-10(8)12-11/h3-6,12-13H,2,7H2,1H3. The molecular formula is C11H13NO2. The van der Waals surface area contributed by atoms with E-state index in [-0.39, 0.29) is 6.61 Å². The highest BCUT2D eigenvalue weighted by Crippen LogP contribution is 2.27. The van der Waals surface area contributed by atoms with E-state index in [0.29, 0.717) is 12.5 Å². The number of hydrogen-bond acceptors (Lipinski definition) is 2. The van der Waals surface area contributed by atoms with Crippen LogP contribution < -0.4 is 4.74 Å². The molecule has 0 spiro atoms. The van der Waals surface area contributed by atoms with Crippen molar-refractivity contribution in [1.29, 1.82) is 0 Å². The van der Waals surface area contributed by atoms with Gasteiger partial charge in [-0.1, -0.05) is 18.2 Å². The Morgan fingerprint density at radius 3 is 2.86 bits per heavy atom. The Labute approximate surface area is 82.3 Å². The van der Waals surface area contributed by atoms with Crippen LogP contribution in [0.1, 0.15) is 12.5 Å². The predicted octanol–water partition coefficient (Wildman–Crippen LogP) is 2.06. The lowest BCUT2D eigenvalue weighted by molar-refractivity contribution is 0.266. The van der Waals surface area contributed by atoms with E-state index in [1.807, 2.05) is 31.2 Å². The number of ether oxygens (including phenoxy) is 1. The van der Waals surface area contributed by atoms with Crippen LogP contribution in [0.25, 0.3) is 10.9 Å². The second kappa shape index (κ2) is 3.72. The fraction of sp³-hybridized carbons (Fsp3) is 0.273. The molecular weight excluding hydrogens is 178 g/mol. The van der Waals surface area contributed by atoms with Gasteiger partial charge in [-0.3, -0.25) is 0 Å². The number of H-pyrrole nitrogens is 1. The molecule has 1 heterocycles. The maximum Gasteiger partial charge on any atom is 0.197 e. The van der Waals surface area contributed by atoms with Gasteiger partial charge in [0.1, 0.15) is 0 Å². The van der Waals surface area contributed by atoms with Crippen LogP contribution in [-0.2, 0) is 6.61 Å². The molecule has 0 aliphatic rings. The summed E-state index contributed by atoms with van der Waals surface area (Å²) in [7, 11) is 0. The van der Waals surface area contributed by atoms with Gasteiger partial charge >= 0.3 is 0 Å². The summed E-state index contributed by atoms with van der Waals surface area (Å²) >= 11 is 0. The molecule has 0 aliphatic heterocycles. The predicted molar refractivity (Wildman–Crippen MR) is 55.4 cm³/mol. The van der Waals surface area contributed by atoms with Crippen molar-refractivity contribution in [3.63, 3.8) is 0 Å². The van der Waals surface area contributed by atoms with E-state index in [4.69, 9.17) is 4.74 Å². The summed E-state index contributed by atoms with van der Waals surface area (Å²) in [6, 6.07) is 7.84. The van der Waals surface area contributed by atoms with Crippen molar-refractivity contribution >= 4 is 10.9 Å². The number of aromatic amines is 1. The Bertz CT molecular complexity index is 434. The highest BCUT2D eigenvalue weighted by molar-refractivity contribution is 5.85. The van der Waals surface area contributed by atoms with Crippen LogP contribution in [0.4, 0.5) is 0 Å². The lowest BCUT2D eigenvalue weighted by Crippen LogP contribution is -1.94. The number of aliphatic hydroxyl groups is 1. The number of fused-ring (bicyclic) bond motifs is 1. The Morgan fingerprint density at radius 1 is 1.36 bits per heavy atom. The van der Waals surface area contributed by atoms with Gasteiger partial charge in [-0.2, -0.15) is 0 Å².